The second-order valence-electron chi connectivity index (χ2n) is 10.6. The van der Waals surface area contributed by atoms with Crippen molar-refractivity contribution in [2.75, 3.05) is 5.32 Å². The summed E-state index contributed by atoms with van der Waals surface area (Å²) in [5.41, 5.74) is -0.420. The summed E-state index contributed by atoms with van der Waals surface area (Å²) >= 11 is 0. The molecule has 1 aliphatic rings. The quantitative estimate of drug-likeness (QED) is 0.166. The van der Waals surface area contributed by atoms with Gasteiger partial charge < -0.3 is 19.9 Å². The Hall–Kier alpha value is -4.88. The predicted molar refractivity (Wildman–Crippen MR) is 163 cm³/mol. The number of rotatable bonds is 10. The minimum Gasteiger partial charge on any atom is -0.490 e. The average Bonchev–Trinajstić information content (AvgIpc) is 3.03. The standard InChI is InChI=1S/C33H29F3N2O7S/c34-33(35,36)22-7-19-28(20-8-22)46(42,43)38-23-9-13-25(14-10-23)45-27-17-15-26(16-18-27)44-24-11-5-21(6-12-24)31(39)37-30-4-2-1-3-29(30)32(40)41/h1-8,11-12,15-20,23,25,38H,9-10,13-14H2,(H,37,39)(H,40,41). The topological polar surface area (TPSA) is 131 Å². The molecule has 1 saturated carbocycles. The van der Waals surface area contributed by atoms with Gasteiger partial charge in [-0.2, -0.15) is 13.2 Å². The van der Waals surface area contributed by atoms with E-state index < -0.39 is 33.6 Å². The van der Waals surface area contributed by atoms with Crippen molar-refractivity contribution in [1.82, 2.24) is 4.72 Å². The fourth-order valence-corrected chi connectivity index (χ4v) is 6.28. The van der Waals surface area contributed by atoms with Gasteiger partial charge in [0, 0.05) is 11.6 Å². The van der Waals surface area contributed by atoms with Crippen molar-refractivity contribution < 1.29 is 45.8 Å². The molecule has 5 rings (SSSR count). The summed E-state index contributed by atoms with van der Waals surface area (Å²) < 4.78 is 78.2. The summed E-state index contributed by atoms with van der Waals surface area (Å²) in [6.07, 6.45) is -2.51. The zero-order valence-corrected chi connectivity index (χ0v) is 25.0. The summed E-state index contributed by atoms with van der Waals surface area (Å²) in [5.74, 6) is 0.00248. The van der Waals surface area contributed by atoms with Gasteiger partial charge in [0.15, 0.2) is 0 Å². The van der Waals surface area contributed by atoms with E-state index in [-0.39, 0.29) is 28.3 Å². The molecule has 0 bridgehead atoms. The number of carbonyl (C=O) groups excluding carboxylic acids is 1. The minimum absolute atomic E-state index is 0.0156. The minimum atomic E-state index is -4.54. The fraction of sp³-hybridized carbons (Fsp3) is 0.212. The molecule has 0 spiro atoms. The Balaban J connectivity index is 1.09. The lowest BCUT2D eigenvalue weighted by atomic mass is 9.94. The number of nitrogens with one attached hydrogen (secondary N) is 2. The smallest absolute Gasteiger partial charge is 0.416 e. The van der Waals surface area contributed by atoms with Crippen molar-refractivity contribution in [1.29, 1.82) is 0 Å². The monoisotopic (exact) mass is 654 g/mol. The summed E-state index contributed by atoms with van der Waals surface area (Å²) in [6.45, 7) is 0. The number of para-hydroxylation sites is 1. The lowest BCUT2D eigenvalue weighted by Crippen LogP contribution is -2.39. The van der Waals surface area contributed by atoms with Crippen LogP contribution in [0.3, 0.4) is 0 Å². The third-order valence-electron chi connectivity index (χ3n) is 7.37. The molecular formula is C33H29F3N2O7S. The SMILES string of the molecule is O=C(Nc1ccccc1C(=O)O)c1ccc(Oc2ccc(OC3CCC(NS(=O)(=O)c4ccc(C(F)(F)F)cc4)CC3)cc2)cc1. The van der Waals surface area contributed by atoms with E-state index in [2.05, 4.69) is 10.0 Å². The van der Waals surface area contributed by atoms with E-state index in [9.17, 15) is 36.3 Å². The van der Waals surface area contributed by atoms with Gasteiger partial charge in [-0.1, -0.05) is 12.1 Å². The summed E-state index contributed by atoms with van der Waals surface area (Å²) in [7, 11) is -3.96. The Morgan fingerprint density at radius 2 is 1.33 bits per heavy atom. The molecule has 0 radical (unpaired) electrons. The Morgan fingerprint density at radius 3 is 1.91 bits per heavy atom. The highest BCUT2D eigenvalue weighted by molar-refractivity contribution is 7.89. The van der Waals surface area contributed by atoms with Gasteiger partial charge in [-0.05, 0) is 111 Å². The Bertz CT molecular complexity index is 1790. The number of carbonyl (C=O) groups is 2. The molecule has 46 heavy (non-hydrogen) atoms. The highest BCUT2D eigenvalue weighted by Crippen LogP contribution is 2.31. The van der Waals surface area contributed by atoms with Crippen LogP contribution in [0.1, 0.15) is 52.0 Å². The van der Waals surface area contributed by atoms with E-state index in [0.29, 0.717) is 48.5 Å². The van der Waals surface area contributed by atoms with Crippen LogP contribution in [0, 0.1) is 0 Å². The number of amides is 1. The van der Waals surface area contributed by atoms with E-state index in [1.54, 1.807) is 60.7 Å². The molecule has 3 N–H and O–H groups in total. The van der Waals surface area contributed by atoms with Crippen LogP contribution in [0.4, 0.5) is 18.9 Å². The molecule has 1 fully saturated rings. The molecule has 0 heterocycles. The summed E-state index contributed by atoms with van der Waals surface area (Å²) in [4.78, 5) is 23.8. The van der Waals surface area contributed by atoms with Crippen LogP contribution in [-0.2, 0) is 16.2 Å². The molecule has 0 saturated heterocycles. The Kier molecular flexibility index (Phi) is 9.63. The van der Waals surface area contributed by atoms with Crippen LogP contribution < -0.4 is 19.5 Å². The number of ether oxygens (including phenoxy) is 2. The molecule has 240 valence electrons. The van der Waals surface area contributed by atoms with E-state index >= 15 is 0 Å². The van der Waals surface area contributed by atoms with Crippen LogP contribution in [0.2, 0.25) is 0 Å². The van der Waals surface area contributed by atoms with E-state index in [4.69, 9.17) is 9.47 Å². The third-order valence-corrected chi connectivity index (χ3v) is 8.91. The van der Waals surface area contributed by atoms with Gasteiger partial charge in [0.25, 0.3) is 5.91 Å². The van der Waals surface area contributed by atoms with Crippen molar-refractivity contribution in [3.05, 3.63) is 114 Å². The molecule has 0 atom stereocenters. The van der Waals surface area contributed by atoms with Gasteiger partial charge in [0.05, 0.1) is 27.8 Å². The van der Waals surface area contributed by atoms with Crippen molar-refractivity contribution >= 4 is 27.6 Å². The molecule has 0 aliphatic heterocycles. The number of sulfonamides is 1. The zero-order chi connectivity index (χ0) is 32.9. The third kappa shape index (κ3) is 8.23. The summed E-state index contributed by atoms with van der Waals surface area (Å²) in [6, 6.07) is 22.5. The van der Waals surface area contributed by atoms with Crippen LogP contribution in [0.25, 0.3) is 0 Å². The highest BCUT2D eigenvalue weighted by atomic mass is 32.2. The molecule has 13 heteroatoms. The van der Waals surface area contributed by atoms with Crippen molar-refractivity contribution in [3.8, 4) is 17.2 Å². The predicted octanol–water partition coefficient (Wildman–Crippen LogP) is 7.12. The lowest BCUT2D eigenvalue weighted by Gasteiger charge is -2.29. The number of hydrogen-bond donors (Lipinski definition) is 3. The normalized spacial score (nSPS) is 16.8. The number of anilines is 1. The molecule has 4 aromatic carbocycles. The van der Waals surface area contributed by atoms with E-state index in [1.807, 2.05) is 0 Å². The second-order valence-corrected chi connectivity index (χ2v) is 12.4. The number of carboxylic acids is 1. The summed E-state index contributed by atoms with van der Waals surface area (Å²) in [5, 5.41) is 11.9. The second kappa shape index (κ2) is 13.6. The van der Waals surface area contributed by atoms with Gasteiger partial charge in [0.1, 0.15) is 17.2 Å². The van der Waals surface area contributed by atoms with Crippen LogP contribution in [0.15, 0.2) is 102 Å². The van der Waals surface area contributed by atoms with Crippen molar-refractivity contribution in [3.63, 3.8) is 0 Å². The Morgan fingerprint density at radius 1 is 0.761 bits per heavy atom. The molecule has 4 aromatic rings. The van der Waals surface area contributed by atoms with Gasteiger partial charge in [0.2, 0.25) is 10.0 Å². The first-order valence-electron chi connectivity index (χ1n) is 14.3. The number of halogens is 3. The molecule has 1 amide bonds. The molecule has 0 aromatic heterocycles. The maximum Gasteiger partial charge on any atom is 0.416 e. The van der Waals surface area contributed by atoms with Crippen LogP contribution in [-0.4, -0.2) is 37.5 Å². The maximum atomic E-state index is 12.8. The fourth-order valence-electron chi connectivity index (χ4n) is 4.97. The Labute approximate surface area is 263 Å². The number of benzene rings is 4. The van der Waals surface area contributed by atoms with Gasteiger partial charge in [-0.15, -0.1) is 0 Å². The first-order chi connectivity index (χ1) is 21.9. The number of aromatic carboxylic acids is 1. The van der Waals surface area contributed by atoms with Crippen molar-refractivity contribution in [2.24, 2.45) is 0 Å². The highest BCUT2D eigenvalue weighted by Gasteiger charge is 2.31. The van der Waals surface area contributed by atoms with Crippen LogP contribution in [0.5, 0.6) is 17.2 Å². The van der Waals surface area contributed by atoms with Crippen LogP contribution >= 0.6 is 0 Å². The van der Waals surface area contributed by atoms with E-state index in [0.717, 1.165) is 24.3 Å². The first kappa shape index (κ1) is 32.5. The van der Waals surface area contributed by atoms with Gasteiger partial charge >= 0.3 is 12.1 Å². The maximum absolute atomic E-state index is 12.8. The zero-order valence-electron chi connectivity index (χ0n) is 24.2. The van der Waals surface area contributed by atoms with Crippen molar-refractivity contribution in [2.45, 2.75) is 48.9 Å². The molecule has 9 nitrogen and oxygen atoms in total. The molecular weight excluding hydrogens is 625 g/mol. The lowest BCUT2D eigenvalue weighted by molar-refractivity contribution is -0.137. The van der Waals surface area contributed by atoms with Gasteiger partial charge in [-0.3, -0.25) is 4.79 Å². The first-order valence-corrected chi connectivity index (χ1v) is 15.7. The number of alkyl halides is 3. The van der Waals surface area contributed by atoms with Gasteiger partial charge in [-0.25, -0.2) is 17.9 Å². The molecule has 1 aliphatic carbocycles. The largest absolute Gasteiger partial charge is 0.490 e. The molecule has 0 unspecified atom stereocenters. The number of carboxylic acid groups (broad SMARTS) is 1. The number of hydrogen-bond acceptors (Lipinski definition) is 6. The van der Waals surface area contributed by atoms with E-state index in [1.165, 1.54) is 12.1 Å². The average molecular weight is 655 g/mol.